The summed E-state index contributed by atoms with van der Waals surface area (Å²) in [6.45, 7) is 4.06. The average molecular weight is 237 g/mol. The quantitative estimate of drug-likeness (QED) is 0.850. The van der Waals surface area contributed by atoms with Crippen molar-refractivity contribution in [2.24, 2.45) is 5.92 Å². The van der Waals surface area contributed by atoms with E-state index in [-0.39, 0.29) is 5.82 Å². The van der Waals surface area contributed by atoms with Crippen LogP contribution >= 0.6 is 0 Å². The van der Waals surface area contributed by atoms with Crippen molar-refractivity contribution in [2.45, 2.75) is 25.7 Å². The van der Waals surface area contributed by atoms with Crippen LogP contribution in [0.3, 0.4) is 0 Å². The number of hydrogen-bond donors (Lipinski definition) is 1. The van der Waals surface area contributed by atoms with Gasteiger partial charge in [-0.1, -0.05) is 19.1 Å². The van der Waals surface area contributed by atoms with Crippen molar-refractivity contribution < 1.29 is 9.13 Å². The zero-order valence-corrected chi connectivity index (χ0v) is 10.5. The van der Waals surface area contributed by atoms with Gasteiger partial charge in [0.2, 0.25) is 0 Å². The first kappa shape index (κ1) is 12.4. The Morgan fingerprint density at radius 2 is 2.24 bits per heavy atom. The van der Waals surface area contributed by atoms with Crippen molar-refractivity contribution >= 4 is 0 Å². The second-order valence-corrected chi connectivity index (χ2v) is 4.62. The van der Waals surface area contributed by atoms with Gasteiger partial charge in [-0.2, -0.15) is 0 Å². The lowest BCUT2D eigenvalue weighted by Crippen LogP contribution is -2.34. The van der Waals surface area contributed by atoms with Crippen molar-refractivity contribution in [3.63, 3.8) is 0 Å². The minimum atomic E-state index is -0.179. The van der Waals surface area contributed by atoms with Crippen molar-refractivity contribution in [3.05, 3.63) is 29.6 Å². The number of benzene rings is 1. The van der Waals surface area contributed by atoms with E-state index in [9.17, 15) is 4.39 Å². The molecule has 2 nitrogen and oxygen atoms in total. The minimum Gasteiger partial charge on any atom is -0.494 e. The highest BCUT2D eigenvalue weighted by Crippen LogP contribution is 2.44. The maximum Gasteiger partial charge on any atom is 0.168 e. The fourth-order valence-corrected chi connectivity index (χ4v) is 2.52. The van der Waals surface area contributed by atoms with E-state index in [0.717, 1.165) is 25.1 Å². The first-order valence-electron chi connectivity index (χ1n) is 6.31. The molecule has 0 aromatic heterocycles. The molecule has 2 unspecified atom stereocenters. The van der Waals surface area contributed by atoms with Crippen molar-refractivity contribution in [1.29, 1.82) is 0 Å². The zero-order chi connectivity index (χ0) is 12.3. The van der Waals surface area contributed by atoms with Crippen LogP contribution in [-0.4, -0.2) is 20.2 Å². The van der Waals surface area contributed by atoms with Gasteiger partial charge in [-0.3, -0.25) is 0 Å². The average Bonchev–Trinajstić information content (AvgIpc) is 2.31. The minimum absolute atomic E-state index is 0.179. The Bertz CT molecular complexity index is 380. The Morgan fingerprint density at radius 1 is 1.41 bits per heavy atom. The van der Waals surface area contributed by atoms with Crippen LogP contribution in [0.2, 0.25) is 0 Å². The van der Waals surface area contributed by atoms with Crippen LogP contribution < -0.4 is 10.1 Å². The second kappa shape index (κ2) is 5.50. The fourth-order valence-electron chi connectivity index (χ4n) is 2.52. The molecular formula is C14H20FNO. The molecule has 94 valence electrons. The van der Waals surface area contributed by atoms with Crippen LogP contribution in [0.5, 0.6) is 5.75 Å². The molecule has 1 fully saturated rings. The highest BCUT2D eigenvalue weighted by Gasteiger charge is 2.33. The third-order valence-corrected chi connectivity index (χ3v) is 3.69. The summed E-state index contributed by atoms with van der Waals surface area (Å²) in [6, 6.07) is 5.44. The third-order valence-electron chi connectivity index (χ3n) is 3.69. The Balaban J connectivity index is 2.12. The van der Waals surface area contributed by atoms with E-state index in [1.54, 1.807) is 6.07 Å². The molecule has 0 radical (unpaired) electrons. The maximum atomic E-state index is 14.1. The molecule has 0 heterocycles. The van der Waals surface area contributed by atoms with Gasteiger partial charge >= 0.3 is 0 Å². The summed E-state index contributed by atoms with van der Waals surface area (Å²) in [5.41, 5.74) is 0.818. The van der Waals surface area contributed by atoms with Crippen LogP contribution in [0.4, 0.5) is 4.39 Å². The van der Waals surface area contributed by atoms with Gasteiger partial charge in [-0.15, -0.1) is 0 Å². The molecule has 2 atom stereocenters. The highest BCUT2D eigenvalue weighted by molar-refractivity contribution is 5.34. The van der Waals surface area contributed by atoms with Crippen LogP contribution in [0.1, 0.15) is 31.2 Å². The summed E-state index contributed by atoms with van der Waals surface area (Å²) in [5, 5.41) is 3.34. The van der Waals surface area contributed by atoms with E-state index >= 15 is 0 Å². The Morgan fingerprint density at radius 3 is 2.82 bits per heavy atom. The first-order valence-corrected chi connectivity index (χ1v) is 6.31. The summed E-state index contributed by atoms with van der Waals surface area (Å²) < 4.78 is 19.1. The molecule has 3 heteroatoms. The number of methoxy groups -OCH3 is 1. The largest absolute Gasteiger partial charge is 0.494 e. The highest BCUT2D eigenvalue weighted by atomic mass is 19.1. The second-order valence-electron chi connectivity index (χ2n) is 4.62. The smallest absolute Gasteiger partial charge is 0.168 e. The number of nitrogens with one attached hydrogen (secondary N) is 1. The molecule has 0 spiro atoms. The van der Waals surface area contributed by atoms with Gasteiger partial charge in [0.25, 0.3) is 0 Å². The number of halogens is 1. The summed E-state index contributed by atoms with van der Waals surface area (Å²) in [5.74, 6) is 1.10. The zero-order valence-electron chi connectivity index (χ0n) is 10.5. The van der Waals surface area contributed by atoms with Gasteiger partial charge in [0.05, 0.1) is 7.11 Å². The molecule has 2 rings (SSSR count). The van der Waals surface area contributed by atoms with Gasteiger partial charge in [0, 0.05) is 0 Å². The lowest BCUT2D eigenvalue weighted by Gasteiger charge is -2.37. The lowest BCUT2D eigenvalue weighted by atomic mass is 9.70. The monoisotopic (exact) mass is 237 g/mol. The molecule has 0 bridgehead atoms. The summed E-state index contributed by atoms with van der Waals surface area (Å²) >= 11 is 0. The number of rotatable bonds is 5. The van der Waals surface area contributed by atoms with E-state index in [4.69, 9.17) is 4.74 Å². The standard InChI is InChI=1S/C14H20FNO/c1-3-16-9-10-7-8-11(10)12-5-4-6-13(17-2)14(12)15/h4-6,10-11,16H,3,7-9H2,1-2H3. The summed E-state index contributed by atoms with van der Waals surface area (Å²) in [7, 11) is 1.51. The maximum absolute atomic E-state index is 14.1. The Kier molecular flexibility index (Phi) is 4.00. The Hall–Kier alpha value is -1.09. The van der Waals surface area contributed by atoms with Gasteiger partial charge in [-0.25, -0.2) is 4.39 Å². The SMILES string of the molecule is CCNCC1CCC1c1cccc(OC)c1F. The molecule has 1 aliphatic carbocycles. The van der Waals surface area contributed by atoms with E-state index in [1.807, 2.05) is 12.1 Å². The van der Waals surface area contributed by atoms with Crippen LogP contribution in [0.25, 0.3) is 0 Å². The molecule has 0 amide bonds. The van der Waals surface area contributed by atoms with Crippen LogP contribution in [-0.2, 0) is 0 Å². The molecule has 1 aromatic rings. The molecule has 1 aliphatic rings. The van der Waals surface area contributed by atoms with Gasteiger partial charge in [0.15, 0.2) is 11.6 Å². The molecule has 1 saturated carbocycles. The molecule has 1 aromatic carbocycles. The molecule has 1 N–H and O–H groups in total. The molecule has 0 aliphatic heterocycles. The van der Waals surface area contributed by atoms with Crippen molar-refractivity contribution in [2.75, 3.05) is 20.2 Å². The molecule has 17 heavy (non-hydrogen) atoms. The van der Waals surface area contributed by atoms with E-state index in [2.05, 4.69) is 12.2 Å². The van der Waals surface area contributed by atoms with Crippen LogP contribution in [0.15, 0.2) is 18.2 Å². The fraction of sp³-hybridized carbons (Fsp3) is 0.571. The van der Waals surface area contributed by atoms with E-state index < -0.39 is 0 Å². The summed E-state index contributed by atoms with van der Waals surface area (Å²) in [6.07, 6.45) is 2.27. The Labute approximate surface area is 102 Å². The third kappa shape index (κ3) is 2.44. The molecule has 0 saturated heterocycles. The number of ether oxygens (including phenoxy) is 1. The topological polar surface area (TPSA) is 21.3 Å². The normalized spacial score (nSPS) is 23.2. The summed E-state index contributed by atoms with van der Waals surface area (Å²) in [4.78, 5) is 0. The lowest BCUT2D eigenvalue weighted by molar-refractivity contribution is 0.240. The van der Waals surface area contributed by atoms with E-state index in [0.29, 0.717) is 17.6 Å². The van der Waals surface area contributed by atoms with Crippen molar-refractivity contribution in [1.82, 2.24) is 5.32 Å². The van der Waals surface area contributed by atoms with Crippen molar-refractivity contribution in [3.8, 4) is 5.75 Å². The van der Waals surface area contributed by atoms with Gasteiger partial charge < -0.3 is 10.1 Å². The van der Waals surface area contributed by atoms with E-state index in [1.165, 1.54) is 13.5 Å². The number of hydrogen-bond acceptors (Lipinski definition) is 2. The predicted molar refractivity (Wildman–Crippen MR) is 67.0 cm³/mol. The molecular weight excluding hydrogens is 217 g/mol. The van der Waals surface area contributed by atoms with Crippen LogP contribution in [0, 0.1) is 11.7 Å². The first-order chi connectivity index (χ1) is 8.27. The van der Waals surface area contributed by atoms with Gasteiger partial charge in [-0.05, 0) is 49.4 Å². The predicted octanol–water partition coefficient (Wildman–Crippen LogP) is 2.94. The van der Waals surface area contributed by atoms with Gasteiger partial charge in [0.1, 0.15) is 0 Å².